The lowest BCUT2D eigenvalue weighted by Crippen LogP contribution is -2.07. The summed E-state index contributed by atoms with van der Waals surface area (Å²) in [5, 5.41) is 0. The minimum atomic E-state index is 0.505. The Hall–Kier alpha value is -0.460. The normalized spacial score (nSPS) is 13.9. The van der Waals surface area contributed by atoms with E-state index in [2.05, 4.69) is 27.7 Å². The molecule has 0 heterocycles. The minimum Gasteiger partial charge on any atom is -0.402 e. The van der Waals surface area contributed by atoms with Crippen LogP contribution in [0.3, 0.4) is 0 Å². The van der Waals surface area contributed by atoms with E-state index < -0.39 is 0 Å². The lowest BCUT2D eigenvalue weighted by atomic mass is 10.0. The van der Waals surface area contributed by atoms with Gasteiger partial charge in [0.2, 0.25) is 0 Å². The topological polar surface area (TPSA) is 26.0 Å². The zero-order valence-corrected chi connectivity index (χ0v) is 6.86. The number of allylic oxidation sites excluding steroid dienone is 2. The predicted octanol–water partition coefficient (Wildman–Crippen LogP) is 2.29. The summed E-state index contributed by atoms with van der Waals surface area (Å²) in [5.41, 5.74) is 8.13. The summed E-state index contributed by atoms with van der Waals surface area (Å²) in [6.07, 6.45) is 1.07. The summed E-state index contributed by atoms with van der Waals surface area (Å²) in [5.74, 6) is 0.505. The molecule has 0 bridgehead atoms. The molecule has 0 aromatic carbocycles. The fourth-order valence-electron chi connectivity index (χ4n) is 0.697. The predicted molar refractivity (Wildman–Crippen MR) is 42.0 cm³/mol. The molecule has 0 spiro atoms. The van der Waals surface area contributed by atoms with Gasteiger partial charge in [-0.15, -0.1) is 0 Å². The molecule has 0 aromatic heterocycles. The molecule has 0 atom stereocenters. The fourth-order valence-corrected chi connectivity index (χ4v) is 0.697. The Morgan fingerprint density at radius 1 is 1.44 bits per heavy atom. The van der Waals surface area contributed by atoms with Crippen molar-refractivity contribution in [1.29, 1.82) is 0 Å². The summed E-state index contributed by atoms with van der Waals surface area (Å²) < 4.78 is 0. The fraction of sp³-hybridized carbons (Fsp3) is 0.750. The first-order valence-corrected chi connectivity index (χ1v) is 3.54. The second-order valence-electron chi connectivity index (χ2n) is 2.74. The monoisotopic (exact) mass is 127 g/mol. The van der Waals surface area contributed by atoms with E-state index in [-0.39, 0.29) is 0 Å². The minimum absolute atomic E-state index is 0.505. The van der Waals surface area contributed by atoms with Crippen molar-refractivity contribution in [2.75, 3.05) is 0 Å². The standard InChI is InChI=1S/C8H17N/c1-5-7(4)8(9)6(2)3/h6H,5,9H2,1-4H3/b8-7+. The van der Waals surface area contributed by atoms with Crippen molar-refractivity contribution in [1.82, 2.24) is 0 Å². The van der Waals surface area contributed by atoms with Gasteiger partial charge < -0.3 is 5.73 Å². The lowest BCUT2D eigenvalue weighted by molar-refractivity contribution is 0.736. The summed E-state index contributed by atoms with van der Waals surface area (Å²) in [4.78, 5) is 0. The van der Waals surface area contributed by atoms with Gasteiger partial charge in [0.25, 0.3) is 0 Å². The van der Waals surface area contributed by atoms with E-state index in [9.17, 15) is 0 Å². The first-order valence-electron chi connectivity index (χ1n) is 3.54. The van der Waals surface area contributed by atoms with Gasteiger partial charge in [-0.05, 0) is 19.3 Å². The van der Waals surface area contributed by atoms with E-state index in [0.717, 1.165) is 12.1 Å². The molecule has 2 N–H and O–H groups in total. The van der Waals surface area contributed by atoms with E-state index in [1.165, 1.54) is 5.57 Å². The molecule has 1 nitrogen and oxygen atoms in total. The van der Waals surface area contributed by atoms with Crippen molar-refractivity contribution in [3.8, 4) is 0 Å². The van der Waals surface area contributed by atoms with Gasteiger partial charge in [0.15, 0.2) is 0 Å². The van der Waals surface area contributed by atoms with Crippen LogP contribution in [-0.4, -0.2) is 0 Å². The molecule has 0 aliphatic rings. The van der Waals surface area contributed by atoms with Gasteiger partial charge in [0.1, 0.15) is 0 Å². The molecule has 0 aliphatic carbocycles. The van der Waals surface area contributed by atoms with Crippen LogP contribution in [0.2, 0.25) is 0 Å². The Balaban J connectivity index is 4.10. The Labute approximate surface area is 57.9 Å². The first kappa shape index (κ1) is 8.54. The molecule has 54 valence electrons. The second-order valence-corrected chi connectivity index (χ2v) is 2.74. The molecule has 0 aliphatic heterocycles. The number of nitrogens with two attached hydrogens (primary N) is 1. The van der Waals surface area contributed by atoms with Gasteiger partial charge in [-0.25, -0.2) is 0 Å². The third-order valence-corrected chi connectivity index (χ3v) is 1.65. The molecule has 0 unspecified atom stereocenters. The Kier molecular flexibility index (Phi) is 3.36. The summed E-state index contributed by atoms with van der Waals surface area (Å²) in [6, 6.07) is 0. The molecule has 0 rings (SSSR count). The van der Waals surface area contributed by atoms with Gasteiger partial charge in [-0.3, -0.25) is 0 Å². The average Bonchev–Trinajstić information content (AvgIpc) is 1.84. The van der Waals surface area contributed by atoms with Gasteiger partial charge >= 0.3 is 0 Å². The van der Waals surface area contributed by atoms with Crippen LogP contribution in [0, 0.1) is 5.92 Å². The van der Waals surface area contributed by atoms with Crippen LogP contribution in [-0.2, 0) is 0 Å². The second kappa shape index (κ2) is 3.54. The molecular formula is C8H17N. The highest BCUT2D eigenvalue weighted by molar-refractivity contribution is 5.09. The van der Waals surface area contributed by atoms with Crippen LogP contribution in [0.5, 0.6) is 0 Å². The molecule has 0 fully saturated rings. The van der Waals surface area contributed by atoms with Crippen LogP contribution < -0.4 is 5.73 Å². The molecular weight excluding hydrogens is 110 g/mol. The van der Waals surface area contributed by atoms with Gasteiger partial charge in [0, 0.05) is 5.70 Å². The van der Waals surface area contributed by atoms with E-state index in [0.29, 0.717) is 5.92 Å². The molecule has 9 heavy (non-hydrogen) atoms. The van der Waals surface area contributed by atoms with Crippen LogP contribution in [0.15, 0.2) is 11.3 Å². The van der Waals surface area contributed by atoms with Crippen molar-refractivity contribution in [3.63, 3.8) is 0 Å². The summed E-state index contributed by atoms with van der Waals surface area (Å²) in [6.45, 7) is 8.46. The van der Waals surface area contributed by atoms with Crippen LogP contribution in [0.4, 0.5) is 0 Å². The lowest BCUT2D eigenvalue weighted by Gasteiger charge is -2.08. The molecule has 0 saturated carbocycles. The number of hydrogen-bond donors (Lipinski definition) is 1. The highest BCUT2D eigenvalue weighted by atomic mass is 14.6. The van der Waals surface area contributed by atoms with Crippen molar-refractivity contribution in [2.24, 2.45) is 11.7 Å². The van der Waals surface area contributed by atoms with Gasteiger partial charge in [-0.2, -0.15) is 0 Å². The van der Waals surface area contributed by atoms with E-state index in [1.54, 1.807) is 0 Å². The third-order valence-electron chi connectivity index (χ3n) is 1.65. The Bertz CT molecular complexity index is 112. The Morgan fingerprint density at radius 3 is 2.00 bits per heavy atom. The van der Waals surface area contributed by atoms with E-state index in [1.807, 2.05) is 0 Å². The molecule has 0 amide bonds. The summed E-state index contributed by atoms with van der Waals surface area (Å²) >= 11 is 0. The van der Waals surface area contributed by atoms with E-state index in [4.69, 9.17) is 5.73 Å². The van der Waals surface area contributed by atoms with Crippen molar-refractivity contribution < 1.29 is 0 Å². The zero-order valence-electron chi connectivity index (χ0n) is 6.86. The maximum atomic E-state index is 5.75. The third kappa shape index (κ3) is 2.54. The number of hydrogen-bond acceptors (Lipinski definition) is 1. The van der Waals surface area contributed by atoms with E-state index >= 15 is 0 Å². The van der Waals surface area contributed by atoms with Crippen LogP contribution in [0.1, 0.15) is 34.1 Å². The SMILES string of the molecule is CC/C(C)=C(/N)C(C)C. The zero-order chi connectivity index (χ0) is 7.44. The van der Waals surface area contributed by atoms with Crippen molar-refractivity contribution in [3.05, 3.63) is 11.3 Å². The first-order chi connectivity index (χ1) is 4.09. The van der Waals surface area contributed by atoms with Crippen molar-refractivity contribution >= 4 is 0 Å². The maximum Gasteiger partial charge on any atom is 0.00954 e. The molecule has 0 radical (unpaired) electrons. The summed E-state index contributed by atoms with van der Waals surface area (Å²) in [7, 11) is 0. The smallest absolute Gasteiger partial charge is 0.00954 e. The van der Waals surface area contributed by atoms with Crippen LogP contribution >= 0.6 is 0 Å². The van der Waals surface area contributed by atoms with Crippen molar-refractivity contribution in [2.45, 2.75) is 34.1 Å². The highest BCUT2D eigenvalue weighted by Gasteiger charge is 1.99. The molecule has 0 saturated heterocycles. The van der Waals surface area contributed by atoms with Crippen LogP contribution in [0.25, 0.3) is 0 Å². The molecule has 1 heteroatoms. The number of rotatable bonds is 2. The van der Waals surface area contributed by atoms with Gasteiger partial charge in [0.05, 0.1) is 0 Å². The molecule has 0 aromatic rings. The largest absolute Gasteiger partial charge is 0.402 e. The average molecular weight is 127 g/mol. The Morgan fingerprint density at radius 2 is 1.89 bits per heavy atom. The maximum absolute atomic E-state index is 5.75. The van der Waals surface area contributed by atoms with Gasteiger partial charge in [-0.1, -0.05) is 26.3 Å². The highest BCUT2D eigenvalue weighted by Crippen LogP contribution is 2.10. The quantitative estimate of drug-likeness (QED) is 0.605.